The van der Waals surface area contributed by atoms with Crippen LogP contribution in [0.3, 0.4) is 0 Å². The third kappa shape index (κ3) is 2.31. The molecule has 0 aliphatic rings. The molecular weight excluding hydrogens is 298 g/mol. The van der Waals surface area contributed by atoms with Crippen molar-refractivity contribution in [1.82, 2.24) is 9.55 Å². The molecule has 2 heterocycles. The lowest BCUT2D eigenvalue weighted by Gasteiger charge is -2.13. The van der Waals surface area contributed by atoms with Crippen LogP contribution < -0.4 is 4.73 Å². The summed E-state index contributed by atoms with van der Waals surface area (Å²) in [5.74, 6) is 1.39. The topological polar surface area (TPSA) is 44.8 Å². The second-order valence-corrected chi connectivity index (χ2v) is 6.51. The summed E-state index contributed by atoms with van der Waals surface area (Å²) in [5.41, 5.74) is 3.51. The second kappa shape index (κ2) is 5.64. The average Bonchev–Trinajstić information content (AvgIpc) is 2.93. The van der Waals surface area contributed by atoms with Gasteiger partial charge in [-0.25, -0.2) is 4.98 Å². The van der Waals surface area contributed by atoms with Crippen LogP contribution in [-0.4, -0.2) is 9.55 Å². The number of imidazole rings is 1. The van der Waals surface area contributed by atoms with E-state index < -0.39 is 0 Å². The van der Waals surface area contributed by atoms with Gasteiger partial charge in [0.2, 0.25) is 11.7 Å². The van der Waals surface area contributed by atoms with Gasteiger partial charge >= 0.3 is 0 Å². The summed E-state index contributed by atoms with van der Waals surface area (Å²) in [6.45, 7) is 5.24. The van der Waals surface area contributed by atoms with Crippen LogP contribution in [-0.2, 0) is 6.54 Å². The number of aromatic nitrogens is 3. The fourth-order valence-corrected chi connectivity index (χ4v) is 3.24. The van der Waals surface area contributed by atoms with Gasteiger partial charge in [-0.2, -0.15) is 4.73 Å². The van der Waals surface area contributed by atoms with Gasteiger partial charge in [0.25, 0.3) is 0 Å². The molecule has 4 heteroatoms. The van der Waals surface area contributed by atoms with Crippen LogP contribution in [0.1, 0.15) is 13.8 Å². The van der Waals surface area contributed by atoms with Crippen LogP contribution in [0.25, 0.3) is 33.3 Å². The lowest BCUT2D eigenvalue weighted by molar-refractivity contribution is -0.575. The van der Waals surface area contributed by atoms with E-state index in [1.165, 1.54) is 0 Å². The SMILES string of the molecule is CC(C)Cn1c(-c2ccccc2)nc2c[n+]([O-])c3ccccc3c21. The first kappa shape index (κ1) is 14.7. The van der Waals surface area contributed by atoms with Crippen molar-refractivity contribution in [3.63, 3.8) is 0 Å². The maximum atomic E-state index is 12.3. The molecule has 0 spiro atoms. The Morgan fingerprint density at radius 3 is 2.50 bits per heavy atom. The van der Waals surface area contributed by atoms with Gasteiger partial charge in [-0.3, -0.25) is 0 Å². The van der Waals surface area contributed by atoms with Crippen molar-refractivity contribution in [2.45, 2.75) is 20.4 Å². The number of pyridine rings is 1. The van der Waals surface area contributed by atoms with Crippen LogP contribution >= 0.6 is 0 Å². The van der Waals surface area contributed by atoms with Crippen molar-refractivity contribution in [2.24, 2.45) is 5.92 Å². The van der Waals surface area contributed by atoms with E-state index in [-0.39, 0.29) is 0 Å². The monoisotopic (exact) mass is 317 g/mol. The summed E-state index contributed by atoms with van der Waals surface area (Å²) in [7, 11) is 0. The van der Waals surface area contributed by atoms with Crippen molar-refractivity contribution in [3.8, 4) is 11.4 Å². The van der Waals surface area contributed by atoms with E-state index >= 15 is 0 Å². The highest BCUT2D eigenvalue weighted by atomic mass is 16.5. The number of fused-ring (bicyclic) bond motifs is 3. The summed E-state index contributed by atoms with van der Waals surface area (Å²) < 4.78 is 3.16. The number of nitrogens with zero attached hydrogens (tertiary/aromatic N) is 3. The Balaban J connectivity index is 2.12. The van der Waals surface area contributed by atoms with Crippen molar-refractivity contribution in [1.29, 1.82) is 0 Å². The Labute approximate surface area is 140 Å². The number of benzene rings is 2. The Morgan fingerprint density at radius 1 is 1.04 bits per heavy atom. The molecule has 0 atom stereocenters. The van der Waals surface area contributed by atoms with Gasteiger partial charge in [0.05, 0.1) is 10.9 Å². The van der Waals surface area contributed by atoms with Crippen molar-refractivity contribution >= 4 is 21.9 Å². The van der Waals surface area contributed by atoms with Crippen LogP contribution in [0.5, 0.6) is 0 Å². The van der Waals surface area contributed by atoms with Crippen LogP contribution in [0.4, 0.5) is 0 Å². The third-order valence-corrected chi connectivity index (χ3v) is 4.21. The molecule has 0 bridgehead atoms. The molecule has 0 saturated heterocycles. The number of rotatable bonds is 3. The quantitative estimate of drug-likeness (QED) is 0.421. The molecule has 2 aromatic carbocycles. The van der Waals surface area contributed by atoms with E-state index in [2.05, 4.69) is 30.5 Å². The van der Waals surface area contributed by atoms with E-state index in [1.807, 2.05) is 42.5 Å². The van der Waals surface area contributed by atoms with Crippen LogP contribution in [0.15, 0.2) is 60.8 Å². The molecule has 24 heavy (non-hydrogen) atoms. The fourth-order valence-electron chi connectivity index (χ4n) is 3.24. The van der Waals surface area contributed by atoms with Gasteiger partial charge < -0.3 is 9.77 Å². The Bertz CT molecular complexity index is 1020. The maximum absolute atomic E-state index is 12.3. The number of hydrogen-bond donors (Lipinski definition) is 0. The van der Waals surface area contributed by atoms with E-state index in [9.17, 15) is 5.21 Å². The molecule has 0 unspecified atom stereocenters. The highest BCUT2D eigenvalue weighted by Gasteiger charge is 2.19. The van der Waals surface area contributed by atoms with Gasteiger partial charge in [-0.05, 0) is 12.0 Å². The summed E-state index contributed by atoms with van der Waals surface area (Å²) >= 11 is 0. The molecule has 4 aromatic rings. The summed E-state index contributed by atoms with van der Waals surface area (Å²) in [4.78, 5) is 4.79. The predicted octanol–water partition coefficient (Wildman–Crippen LogP) is 4.15. The smallest absolute Gasteiger partial charge is 0.226 e. The maximum Gasteiger partial charge on any atom is 0.226 e. The van der Waals surface area contributed by atoms with Crippen molar-refractivity contribution in [2.75, 3.05) is 0 Å². The summed E-state index contributed by atoms with van der Waals surface area (Å²) in [6, 6.07) is 17.9. The minimum atomic E-state index is 0.475. The summed E-state index contributed by atoms with van der Waals surface area (Å²) in [5, 5.41) is 13.3. The van der Waals surface area contributed by atoms with Gasteiger partial charge in [0.15, 0.2) is 5.52 Å². The fraction of sp³-hybridized carbons (Fsp3) is 0.200. The molecule has 0 N–H and O–H groups in total. The minimum absolute atomic E-state index is 0.475. The largest absolute Gasteiger partial charge is 0.618 e. The van der Waals surface area contributed by atoms with Crippen molar-refractivity contribution < 1.29 is 4.73 Å². The molecule has 0 amide bonds. The van der Waals surface area contributed by atoms with Crippen LogP contribution in [0, 0.1) is 11.1 Å². The van der Waals surface area contributed by atoms with E-state index in [0.717, 1.165) is 39.1 Å². The zero-order chi connectivity index (χ0) is 16.7. The minimum Gasteiger partial charge on any atom is -0.618 e. The van der Waals surface area contributed by atoms with Gasteiger partial charge in [0, 0.05) is 18.2 Å². The standard InChI is InChI=1S/C20H19N3O/c1-14(2)12-22-19-16-10-6-7-11-18(16)23(24)13-17(19)21-20(22)15-8-4-3-5-9-15/h3-11,13-14H,12H2,1-2H3. The van der Waals surface area contributed by atoms with E-state index in [0.29, 0.717) is 11.4 Å². The van der Waals surface area contributed by atoms with Crippen LogP contribution in [0.2, 0.25) is 0 Å². The highest BCUT2D eigenvalue weighted by molar-refractivity contribution is 6.01. The lowest BCUT2D eigenvalue weighted by atomic mass is 10.1. The van der Waals surface area contributed by atoms with Gasteiger partial charge in [-0.1, -0.05) is 56.3 Å². The first-order chi connectivity index (χ1) is 11.6. The Kier molecular flexibility index (Phi) is 3.45. The average molecular weight is 317 g/mol. The Morgan fingerprint density at radius 2 is 1.75 bits per heavy atom. The van der Waals surface area contributed by atoms with E-state index in [1.54, 1.807) is 6.20 Å². The molecule has 0 fully saturated rings. The zero-order valence-electron chi connectivity index (χ0n) is 13.8. The lowest BCUT2D eigenvalue weighted by Crippen LogP contribution is -2.26. The molecule has 4 rings (SSSR count). The normalized spacial score (nSPS) is 11.6. The molecular formula is C20H19N3O. The molecule has 4 nitrogen and oxygen atoms in total. The first-order valence-electron chi connectivity index (χ1n) is 8.21. The Hall–Kier alpha value is -2.88. The predicted molar refractivity (Wildman–Crippen MR) is 96.5 cm³/mol. The second-order valence-electron chi connectivity index (χ2n) is 6.51. The summed E-state index contributed by atoms with van der Waals surface area (Å²) in [6.07, 6.45) is 1.58. The molecule has 120 valence electrons. The highest BCUT2D eigenvalue weighted by Crippen LogP contribution is 2.29. The molecule has 0 aliphatic heterocycles. The van der Waals surface area contributed by atoms with Crippen molar-refractivity contribution in [3.05, 3.63) is 66.0 Å². The molecule has 0 radical (unpaired) electrons. The first-order valence-corrected chi connectivity index (χ1v) is 8.21. The number of hydrogen-bond acceptors (Lipinski definition) is 2. The molecule has 0 saturated carbocycles. The zero-order valence-corrected chi connectivity index (χ0v) is 13.8. The van der Waals surface area contributed by atoms with E-state index in [4.69, 9.17) is 4.98 Å². The third-order valence-electron chi connectivity index (χ3n) is 4.21. The van der Waals surface area contributed by atoms with Gasteiger partial charge in [0.1, 0.15) is 5.82 Å². The number of para-hydroxylation sites is 1. The van der Waals surface area contributed by atoms with Gasteiger partial charge in [-0.15, -0.1) is 0 Å². The molecule has 0 aliphatic carbocycles. The molecule has 2 aromatic heterocycles.